The lowest BCUT2D eigenvalue weighted by Crippen LogP contribution is -2.22. The van der Waals surface area contributed by atoms with Crippen molar-refractivity contribution in [2.45, 2.75) is 13.5 Å². The van der Waals surface area contributed by atoms with Gasteiger partial charge in [0.1, 0.15) is 6.07 Å². The molecule has 0 spiro atoms. The minimum Gasteiger partial charge on any atom is -0.366 e. The van der Waals surface area contributed by atoms with Crippen molar-refractivity contribution in [1.82, 2.24) is 4.98 Å². The summed E-state index contributed by atoms with van der Waals surface area (Å²) in [5.74, 6) is 0. The van der Waals surface area contributed by atoms with Gasteiger partial charge in [0, 0.05) is 30.5 Å². The van der Waals surface area contributed by atoms with Crippen LogP contribution in [-0.4, -0.2) is 11.5 Å². The second-order valence-electron chi connectivity index (χ2n) is 4.14. The fourth-order valence-electron chi connectivity index (χ4n) is 1.94. The number of anilines is 1. The summed E-state index contributed by atoms with van der Waals surface area (Å²) in [6, 6.07) is 11.5. The van der Waals surface area contributed by atoms with Crippen LogP contribution in [0.5, 0.6) is 0 Å². The summed E-state index contributed by atoms with van der Waals surface area (Å²) in [7, 11) is 0. The molecule has 0 aliphatic rings. The van der Waals surface area contributed by atoms with Crippen LogP contribution in [0.1, 0.15) is 18.1 Å². The lowest BCUT2D eigenvalue weighted by atomic mass is 10.1. The molecule has 0 unspecified atom stereocenters. The first-order chi connectivity index (χ1) is 9.24. The van der Waals surface area contributed by atoms with Crippen molar-refractivity contribution in [3.05, 3.63) is 58.9 Å². The normalized spacial score (nSPS) is 9.95. The van der Waals surface area contributed by atoms with Crippen LogP contribution in [0.4, 0.5) is 5.69 Å². The van der Waals surface area contributed by atoms with Crippen LogP contribution in [-0.2, 0) is 6.54 Å². The van der Waals surface area contributed by atoms with Gasteiger partial charge in [0.25, 0.3) is 0 Å². The maximum absolute atomic E-state index is 9.19. The molecule has 0 N–H and O–H groups in total. The van der Waals surface area contributed by atoms with Crippen molar-refractivity contribution in [1.29, 1.82) is 5.26 Å². The van der Waals surface area contributed by atoms with Gasteiger partial charge in [-0.25, -0.2) is 0 Å². The third-order valence-corrected chi connectivity index (χ3v) is 3.16. The third kappa shape index (κ3) is 3.24. The van der Waals surface area contributed by atoms with Gasteiger partial charge in [-0.15, -0.1) is 0 Å². The first kappa shape index (κ1) is 13.4. The summed E-state index contributed by atoms with van der Waals surface area (Å²) in [6.45, 7) is 3.59. The van der Waals surface area contributed by atoms with Crippen molar-refractivity contribution in [3.63, 3.8) is 0 Å². The number of nitriles is 1. The zero-order valence-electron chi connectivity index (χ0n) is 10.7. The van der Waals surface area contributed by atoms with E-state index in [1.54, 1.807) is 24.5 Å². The molecule has 0 bridgehead atoms. The smallest absolute Gasteiger partial charge is 0.101 e. The highest BCUT2D eigenvalue weighted by molar-refractivity contribution is 6.30. The van der Waals surface area contributed by atoms with Gasteiger partial charge in [-0.3, -0.25) is 4.98 Å². The van der Waals surface area contributed by atoms with E-state index in [0.717, 1.165) is 24.3 Å². The fraction of sp³-hybridized carbons (Fsp3) is 0.200. The van der Waals surface area contributed by atoms with Crippen LogP contribution in [0.15, 0.2) is 42.7 Å². The molecule has 3 nitrogen and oxygen atoms in total. The molecule has 0 amide bonds. The third-order valence-electron chi connectivity index (χ3n) is 2.93. The maximum Gasteiger partial charge on any atom is 0.101 e. The van der Waals surface area contributed by atoms with Crippen LogP contribution < -0.4 is 4.90 Å². The molecular formula is C15H14ClN3. The Bertz CT molecular complexity index is 590. The quantitative estimate of drug-likeness (QED) is 0.852. The molecule has 0 aliphatic heterocycles. The summed E-state index contributed by atoms with van der Waals surface area (Å²) in [6.07, 6.45) is 3.54. The number of aromatic nitrogens is 1. The fourth-order valence-corrected chi connectivity index (χ4v) is 2.10. The summed E-state index contributed by atoms with van der Waals surface area (Å²) >= 11 is 6.03. The van der Waals surface area contributed by atoms with E-state index in [2.05, 4.69) is 22.9 Å². The number of rotatable bonds is 4. The topological polar surface area (TPSA) is 39.9 Å². The predicted octanol–water partition coefficient (Wildman–Crippen LogP) is 3.63. The Balaban J connectivity index is 2.32. The Morgan fingerprint density at radius 2 is 2.00 bits per heavy atom. The lowest BCUT2D eigenvalue weighted by Gasteiger charge is -2.24. The molecule has 0 aliphatic carbocycles. The van der Waals surface area contributed by atoms with E-state index >= 15 is 0 Å². The highest BCUT2D eigenvalue weighted by atomic mass is 35.5. The van der Waals surface area contributed by atoms with Crippen LogP contribution >= 0.6 is 11.6 Å². The Morgan fingerprint density at radius 1 is 1.26 bits per heavy atom. The minimum absolute atomic E-state index is 0.639. The molecule has 0 radical (unpaired) electrons. The summed E-state index contributed by atoms with van der Waals surface area (Å²) < 4.78 is 0. The number of benzene rings is 1. The number of hydrogen-bond donors (Lipinski definition) is 0. The zero-order chi connectivity index (χ0) is 13.7. The van der Waals surface area contributed by atoms with Crippen LogP contribution in [0.3, 0.4) is 0 Å². The van der Waals surface area contributed by atoms with Gasteiger partial charge in [0.2, 0.25) is 0 Å². The van der Waals surface area contributed by atoms with Crippen LogP contribution in [0, 0.1) is 11.3 Å². The van der Waals surface area contributed by atoms with E-state index in [-0.39, 0.29) is 0 Å². The molecule has 1 heterocycles. The van der Waals surface area contributed by atoms with E-state index in [1.165, 1.54) is 0 Å². The van der Waals surface area contributed by atoms with Gasteiger partial charge in [-0.2, -0.15) is 5.26 Å². The largest absolute Gasteiger partial charge is 0.366 e. The highest BCUT2D eigenvalue weighted by Crippen LogP contribution is 2.25. The van der Waals surface area contributed by atoms with E-state index in [4.69, 9.17) is 11.6 Å². The average molecular weight is 272 g/mol. The first-order valence-corrected chi connectivity index (χ1v) is 6.46. The van der Waals surface area contributed by atoms with E-state index in [9.17, 15) is 5.26 Å². The molecule has 2 aromatic rings. The van der Waals surface area contributed by atoms with Gasteiger partial charge in [0.05, 0.1) is 11.3 Å². The van der Waals surface area contributed by atoms with Gasteiger partial charge < -0.3 is 4.90 Å². The summed E-state index contributed by atoms with van der Waals surface area (Å²) in [5.41, 5.74) is 2.66. The molecule has 0 fully saturated rings. The van der Waals surface area contributed by atoms with Gasteiger partial charge in [-0.1, -0.05) is 11.6 Å². The van der Waals surface area contributed by atoms with E-state index in [0.29, 0.717) is 10.6 Å². The number of halogens is 1. The van der Waals surface area contributed by atoms with E-state index < -0.39 is 0 Å². The molecule has 1 aromatic heterocycles. The Hall–Kier alpha value is -2.05. The molecule has 0 saturated carbocycles. The van der Waals surface area contributed by atoms with Crippen molar-refractivity contribution in [2.24, 2.45) is 0 Å². The monoisotopic (exact) mass is 271 g/mol. The highest BCUT2D eigenvalue weighted by Gasteiger charge is 2.11. The molecule has 0 atom stereocenters. The van der Waals surface area contributed by atoms with Crippen molar-refractivity contribution in [2.75, 3.05) is 11.4 Å². The Morgan fingerprint density at radius 3 is 2.63 bits per heavy atom. The molecule has 0 saturated heterocycles. The average Bonchev–Trinajstić information content (AvgIpc) is 2.46. The van der Waals surface area contributed by atoms with Crippen molar-refractivity contribution in [3.8, 4) is 6.07 Å². The standard InChI is InChI=1S/C15H14ClN3/c1-2-19(11-12-5-7-18-8-6-12)15-9-14(16)4-3-13(15)10-17/h3-9H,2,11H2,1H3. The molecule has 96 valence electrons. The minimum atomic E-state index is 0.639. The summed E-state index contributed by atoms with van der Waals surface area (Å²) in [5, 5.41) is 9.83. The number of nitrogens with zero attached hydrogens (tertiary/aromatic N) is 3. The van der Waals surface area contributed by atoms with Gasteiger partial charge >= 0.3 is 0 Å². The SMILES string of the molecule is CCN(Cc1ccncc1)c1cc(Cl)ccc1C#N. The van der Waals surface area contributed by atoms with E-state index in [1.807, 2.05) is 18.2 Å². The molecule has 19 heavy (non-hydrogen) atoms. The molecule has 1 aromatic carbocycles. The molecular weight excluding hydrogens is 258 g/mol. The van der Waals surface area contributed by atoms with Crippen LogP contribution in [0.2, 0.25) is 5.02 Å². The lowest BCUT2D eigenvalue weighted by molar-refractivity contribution is 0.829. The zero-order valence-corrected chi connectivity index (χ0v) is 11.4. The van der Waals surface area contributed by atoms with Crippen molar-refractivity contribution >= 4 is 17.3 Å². The second-order valence-corrected chi connectivity index (χ2v) is 4.58. The Kier molecular flexibility index (Phi) is 4.38. The second kappa shape index (κ2) is 6.21. The van der Waals surface area contributed by atoms with Gasteiger partial charge in [-0.05, 0) is 42.8 Å². The Labute approximate surface area is 118 Å². The van der Waals surface area contributed by atoms with Gasteiger partial charge in [0.15, 0.2) is 0 Å². The maximum atomic E-state index is 9.19. The number of hydrogen-bond acceptors (Lipinski definition) is 3. The molecule has 2 rings (SSSR count). The first-order valence-electron chi connectivity index (χ1n) is 6.08. The summed E-state index contributed by atoms with van der Waals surface area (Å²) in [4.78, 5) is 6.13. The molecule has 4 heteroatoms. The number of pyridine rings is 1. The van der Waals surface area contributed by atoms with Crippen LogP contribution in [0.25, 0.3) is 0 Å². The predicted molar refractivity (Wildman–Crippen MR) is 77.1 cm³/mol. The van der Waals surface area contributed by atoms with Crippen molar-refractivity contribution < 1.29 is 0 Å².